The molecule has 0 aromatic heterocycles. The minimum Gasteiger partial charge on any atom is -0.508 e. The summed E-state index contributed by atoms with van der Waals surface area (Å²) in [6.45, 7) is -0.397. The number of nitrogens with zero attached hydrogens (tertiary/aromatic N) is 1. The van der Waals surface area contributed by atoms with Gasteiger partial charge in [0, 0.05) is 37.3 Å². The summed E-state index contributed by atoms with van der Waals surface area (Å²) < 4.78 is 0. The SMILES string of the molecule is NCC[C@H](NC(=O)[C@@H]1CCCN1C(=O)[C@@H]1CSSCCC(=O)N[C@@H](Cc2ccc(O)cc2)C(=O)N[C@@H](Cc2ccccc2)C(=O)N[C@@H](CC2CCCCC2)C(=O)N[C@@H](CC(N)=O)C(=O)N1)C(=O)NCC(N)=O. The van der Waals surface area contributed by atoms with Crippen molar-refractivity contribution in [2.24, 2.45) is 23.1 Å². The Balaban J connectivity index is 1.47. The number of hydrogen-bond acceptors (Lipinski definition) is 14. The number of likely N-dealkylation sites (tertiary alicyclic amines) is 1. The van der Waals surface area contributed by atoms with E-state index in [1.165, 1.54) is 27.8 Å². The summed E-state index contributed by atoms with van der Waals surface area (Å²) in [7, 11) is 2.30. The molecular weight excluding hydrogens is 971 g/mol. The number of benzene rings is 2. The van der Waals surface area contributed by atoms with Crippen LogP contribution in [0.3, 0.4) is 0 Å². The Morgan fingerprint density at radius 3 is 1.97 bits per heavy atom. The second kappa shape index (κ2) is 28.6. The van der Waals surface area contributed by atoms with Crippen molar-refractivity contribution in [2.75, 3.05) is 31.1 Å². The van der Waals surface area contributed by atoms with Crippen LogP contribution >= 0.6 is 21.6 Å². The first kappa shape index (κ1) is 56.5. The highest BCUT2D eigenvalue weighted by atomic mass is 33.1. The molecule has 22 nitrogen and oxygen atoms in total. The molecule has 72 heavy (non-hydrogen) atoms. The molecule has 5 rings (SSSR count). The zero-order valence-corrected chi connectivity index (χ0v) is 41.7. The van der Waals surface area contributed by atoms with E-state index in [9.17, 15) is 53.1 Å². The Bertz CT molecular complexity index is 2240. The third-order valence-corrected chi connectivity index (χ3v) is 15.0. The molecule has 2 saturated heterocycles. The number of phenols is 1. The lowest BCUT2D eigenvalue weighted by Gasteiger charge is -2.31. The predicted octanol–water partition coefficient (Wildman–Crippen LogP) is -1.34. The molecule has 1 aliphatic carbocycles. The van der Waals surface area contributed by atoms with Crippen molar-refractivity contribution >= 4 is 80.7 Å². The van der Waals surface area contributed by atoms with Crippen molar-refractivity contribution < 1.29 is 53.1 Å². The average Bonchev–Trinajstić information content (AvgIpc) is 3.85. The second-order valence-electron chi connectivity index (χ2n) is 18.2. The molecule has 10 amide bonds. The first-order valence-corrected chi connectivity index (χ1v) is 26.7. The third kappa shape index (κ3) is 18.0. The van der Waals surface area contributed by atoms with Crippen molar-refractivity contribution in [3.8, 4) is 5.75 Å². The minimum absolute atomic E-state index is 0.000271. The second-order valence-corrected chi connectivity index (χ2v) is 20.8. The van der Waals surface area contributed by atoms with Gasteiger partial charge in [-0.15, -0.1) is 0 Å². The van der Waals surface area contributed by atoms with Crippen LogP contribution in [-0.4, -0.2) is 143 Å². The third-order valence-electron chi connectivity index (χ3n) is 12.6. The number of amides is 10. The van der Waals surface area contributed by atoms with Gasteiger partial charge in [-0.05, 0) is 61.4 Å². The molecule has 0 spiro atoms. The standard InChI is InChI=1S/C48H67N11O11S2/c49-19-17-32(42(64)52-26-40(51)62)54-47(69)38-12-7-20-59(38)48(70)37-27-72-71-21-18-41(63)53-33(24-30-13-15-31(60)16-14-30)43(65)55-34(22-28-8-3-1-4-9-28)44(66)56-35(23-29-10-5-2-6-11-29)45(67)57-36(25-39(50)61)46(68)58-37/h1,3-4,8-9,13-16,29,32-38,60H,2,5-7,10-12,17-27,49H2,(H2,50,61)(H2,51,62)(H,52,64)(H,53,63)(H,54,69)(H,55,65)(H,56,66)(H,57,67)(H,58,68)/t32-,33-,34-,35-,36-,37-,38-/m0/s1. The van der Waals surface area contributed by atoms with Gasteiger partial charge >= 0.3 is 0 Å². The van der Waals surface area contributed by atoms with E-state index >= 15 is 0 Å². The van der Waals surface area contributed by atoms with Crippen LogP contribution in [0.25, 0.3) is 0 Å². The first-order valence-electron chi connectivity index (χ1n) is 24.2. The number of phenolic OH excluding ortho intramolecular Hbond substituents is 1. The fourth-order valence-electron chi connectivity index (χ4n) is 8.88. The van der Waals surface area contributed by atoms with Crippen LogP contribution in [-0.2, 0) is 60.8 Å². The van der Waals surface area contributed by atoms with Crippen molar-refractivity contribution in [1.82, 2.24) is 42.1 Å². The van der Waals surface area contributed by atoms with E-state index in [2.05, 4.69) is 37.2 Å². The van der Waals surface area contributed by atoms with Gasteiger partial charge in [-0.25, -0.2) is 0 Å². The lowest BCUT2D eigenvalue weighted by atomic mass is 9.84. The summed E-state index contributed by atoms with van der Waals surface area (Å²) in [6.07, 6.45) is 4.23. The van der Waals surface area contributed by atoms with E-state index in [1.807, 2.05) is 0 Å². The number of nitrogens with two attached hydrogens (primary N) is 3. The Morgan fingerprint density at radius 2 is 1.32 bits per heavy atom. The molecule has 0 radical (unpaired) electrons. The smallest absolute Gasteiger partial charge is 0.246 e. The van der Waals surface area contributed by atoms with Crippen LogP contribution in [0.1, 0.15) is 81.8 Å². The molecule has 2 heterocycles. The normalized spacial score (nSPS) is 23.7. The molecule has 3 aliphatic rings. The zero-order chi connectivity index (χ0) is 52.2. The van der Waals surface area contributed by atoms with Gasteiger partial charge < -0.3 is 64.4 Å². The van der Waals surface area contributed by atoms with Crippen molar-refractivity contribution in [2.45, 2.75) is 126 Å². The highest BCUT2D eigenvalue weighted by Crippen LogP contribution is 2.28. The maximum Gasteiger partial charge on any atom is 0.246 e. The Morgan fingerprint density at radius 1 is 0.708 bits per heavy atom. The number of carbonyl (C=O) groups excluding carboxylic acids is 10. The van der Waals surface area contributed by atoms with Crippen LogP contribution in [0.2, 0.25) is 0 Å². The van der Waals surface area contributed by atoms with E-state index in [0.717, 1.165) is 42.9 Å². The average molecular weight is 1040 g/mol. The van der Waals surface area contributed by atoms with Crippen molar-refractivity contribution in [1.29, 1.82) is 0 Å². The molecule has 1 saturated carbocycles. The first-order chi connectivity index (χ1) is 34.5. The Kier molecular flexibility index (Phi) is 22.4. The molecule has 7 atom stereocenters. The summed E-state index contributed by atoms with van der Waals surface area (Å²) in [5, 5.41) is 28.6. The molecule has 2 aliphatic heterocycles. The van der Waals surface area contributed by atoms with Gasteiger partial charge in [0.05, 0.1) is 13.0 Å². The topological polar surface area (TPSA) is 356 Å². The van der Waals surface area contributed by atoms with Crippen molar-refractivity contribution in [3.63, 3.8) is 0 Å². The number of carbonyl (C=O) groups is 10. The van der Waals surface area contributed by atoms with E-state index in [4.69, 9.17) is 17.2 Å². The predicted molar refractivity (Wildman–Crippen MR) is 269 cm³/mol. The number of aromatic hydroxyl groups is 1. The molecule has 3 fully saturated rings. The molecule has 24 heteroatoms. The van der Waals surface area contributed by atoms with Gasteiger partial charge in [0.15, 0.2) is 0 Å². The van der Waals surface area contributed by atoms with E-state index < -0.39 is 114 Å². The van der Waals surface area contributed by atoms with Crippen molar-refractivity contribution in [3.05, 3.63) is 65.7 Å². The summed E-state index contributed by atoms with van der Waals surface area (Å²) in [5.41, 5.74) is 17.8. The number of hydrogen-bond donors (Lipinski definition) is 11. The van der Waals surface area contributed by atoms with E-state index in [1.54, 1.807) is 42.5 Å². The molecule has 392 valence electrons. The van der Waals surface area contributed by atoms with E-state index in [0.29, 0.717) is 17.5 Å². The highest BCUT2D eigenvalue weighted by Gasteiger charge is 2.40. The minimum atomic E-state index is -1.63. The van der Waals surface area contributed by atoms with Crippen LogP contribution < -0.4 is 54.4 Å². The summed E-state index contributed by atoms with van der Waals surface area (Å²) >= 11 is 0. The van der Waals surface area contributed by atoms with Gasteiger partial charge in [0.1, 0.15) is 48.0 Å². The quantitative estimate of drug-likeness (QED) is 0.0868. The zero-order valence-electron chi connectivity index (χ0n) is 40.1. The van der Waals surface area contributed by atoms with Gasteiger partial charge in [0.25, 0.3) is 0 Å². The van der Waals surface area contributed by atoms with Gasteiger partial charge in [-0.3, -0.25) is 47.9 Å². The lowest BCUT2D eigenvalue weighted by molar-refractivity contribution is -0.142. The van der Waals surface area contributed by atoms with Gasteiger partial charge in [-0.2, -0.15) is 0 Å². The van der Waals surface area contributed by atoms with Gasteiger partial charge in [-0.1, -0.05) is 96.2 Å². The Labute approximate surface area is 425 Å². The molecule has 2 aromatic carbocycles. The summed E-state index contributed by atoms with van der Waals surface area (Å²) in [4.78, 5) is 138. The fourth-order valence-corrected chi connectivity index (χ4v) is 11.0. The van der Waals surface area contributed by atoms with Crippen LogP contribution in [0.5, 0.6) is 5.75 Å². The molecule has 14 N–H and O–H groups in total. The largest absolute Gasteiger partial charge is 0.508 e. The number of nitrogens with one attached hydrogen (secondary N) is 7. The fraction of sp³-hybridized carbons (Fsp3) is 0.542. The maximum atomic E-state index is 14.5. The lowest BCUT2D eigenvalue weighted by Crippen LogP contribution is -2.61. The number of primary amides is 2. The van der Waals surface area contributed by atoms with Crippen LogP contribution in [0.4, 0.5) is 0 Å². The maximum absolute atomic E-state index is 14.5. The molecular formula is C48H67N11O11S2. The Hall–Kier alpha value is -6.40. The van der Waals surface area contributed by atoms with Gasteiger partial charge in [0.2, 0.25) is 59.1 Å². The highest BCUT2D eigenvalue weighted by molar-refractivity contribution is 8.76. The summed E-state index contributed by atoms with van der Waals surface area (Å²) in [5.74, 6) is -7.52. The van der Waals surface area contributed by atoms with Crippen LogP contribution in [0.15, 0.2) is 54.6 Å². The van der Waals surface area contributed by atoms with E-state index in [-0.39, 0.29) is 74.8 Å². The molecule has 2 aromatic rings. The molecule has 0 bridgehead atoms. The number of rotatable bonds is 16. The molecule has 0 unspecified atom stereocenters. The summed E-state index contributed by atoms with van der Waals surface area (Å²) in [6, 6.07) is 5.99. The monoisotopic (exact) mass is 1040 g/mol. The van der Waals surface area contributed by atoms with Crippen LogP contribution in [0, 0.1) is 5.92 Å².